The summed E-state index contributed by atoms with van der Waals surface area (Å²) in [7, 11) is -7.77. The summed E-state index contributed by atoms with van der Waals surface area (Å²) in [5.74, 6) is -15.4. The Labute approximate surface area is 120 Å². The van der Waals surface area contributed by atoms with Crippen molar-refractivity contribution in [3.8, 4) is 0 Å². The second kappa shape index (κ2) is 5.56. The lowest BCUT2D eigenvalue weighted by molar-refractivity contribution is -0.383. The topological polar surface area (TPSA) is 43.4 Å². The van der Waals surface area contributed by atoms with E-state index < -0.39 is 52.6 Å². The molecule has 0 N–H and O–H groups in total. The quantitative estimate of drug-likeness (QED) is 0.525. The van der Waals surface area contributed by atoms with Crippen LogP contribution in [0.25, 0.3) is 0 Å². The number of hydrogen-bond acceptors (Lipinski definition) is 3. The van der Waals surface area contributed by atoms with Crippen LogP contribution in [-0.4, -0.2) is 44.0 Å². The monoisotopic (exact) mass is 397 g/mol. The van der Waals surface area contributed by atoms with Crippen LogP contribution in [0, 0.1) is 0 Å². The molecule has 0 fully saturated rings. The fourth-order valence-corrected chi connectivity index (χ4v) is 1.75. The molecule has 0 aliphatic heterocycles. The number of hydrogen-bond donors (Lipinski definition) is 0. The molecule has 0 aliphatic carbocycles. The minimum Gasteiger partial charge on any atom is -0.253 e. The van der Waals surface area contributed by atoms with E-state index in [1.807, 2.05) is 0 Å². The molecular weight excluding hydrogens is 392 g/mol. The summed E-state index contributed by atoms with van der Waals surface area (Å²) in [5.41, 5.74) is 0. The van der Waals surface area contributed by atoms with Crippen LogP contribution >= 0.6 is 0 Å². The normalized spacial score (nSPS) is 19.3. The fourth-order valence-electron chi connectivity index (χ4n) is 0.782. The van der Waals surface area contributed by atoms with Crippen molar-refractivity contribution in [2.24, 2.45) is 0 Å². The van der Waals surface area contributed by atoms with E-state index in [1.54, 1.807) is 0 Å². The highest BCUT2D eigenvalue weighted by Crippen LogP contribution is 2.55. The van der Waals surface area contributed by atoms with Gasteiger partial charge in [-0.2, -0.15) is 61.1 Å². The molecule has 3 nitrogen and oxygen atoms in total. The second-order valence-electron chi connectivity index (χ2n) is 3.75. The Bertz CT molecular complexity index is 574. The van der Waals surface area contributed by atoms with Crippen molar-refractivity contribution in [3.63, 3.8) is 0 Å². The van der Waals surface area contributed by atoms with E-state index in [2.05, 4.69) is 4.18 Å². The maximum absolute atomic E-state index is 13.0. The van der Waals surface area contributed by atoms with E-state index in [-0.39, 0.29) is 0 Å². The molecule has 0 radical (unpaired) electrons. The van der Waals surface area contributed by atoms with Crippen molar-refractivity contribution in [1.29, 1.82) is 0 Å². The maximum atomic E-state index is 13.0. The smallest absolute Gasteiger partial charge is 0.253 e. The first-order valence-electron chi connectivity index (χ1n) is 5.18. The van der Waals surface area contributed by atoms with Crippen LogP contribution in [0.1, 0.15) is 8.29 Å². The predicted octanol–water partition coefficient (Wildman–Crippen LogP) is 3.71. The molecule has 0 saturated heterocycles. The molecule has 0 spiro atoms. The van der Waals surface area contributed by atoms with Crippen molar-refractivity contribution in [1.82, 2.24) is 0 Å². The van der Waals surface area contributed by atoms with Crippen LogP contribution in [0.4, 0.5) is 52.7 Å². The van der Waals surface area contributed by atoms with Gasteiger partial charge in [0, 0.05) is 0 Å². The highest BCUT2D eigenvalue weighted by atomic mass is 32.2. The molecule has 0 aromatic carbocycles. The van der Waals surface area contributed by atoms with E-state index in [0.29, 0.717) is 0 Å². The van der Waals surface area contributed by atoms with Crippen LogP contribution in [0.15, 0.2) is 0 Å². The van der Waals surface area contributed by atoms with E-state index in [1.165, 1.54) is 0 Å². The molecule has 0 heterocycles. The molecule has 1 unspecified atom stereocenters. The summed E-state index contributed by atoms with van der Waals surface area (Å²) in [6.45, 7) is -0.597. The summed E-state index contributed by atoms with van der Waals surface area (Å²) in [6.07, 6.45) is -18.4. The average molecular weight is 397 g/mol. The minimum absolute atomic E-state index is 0.597. The molecule has 23 heavy (non-hydrogen) atoms. The average Bonchev–Trinajstić information content (AvgIpc) is 2.23. The molecule has 140 valence electrons. The van der Waals surface area contributed by atoms with Gasteiger partial charge >= 0.3 is 39.6 Å². The molecule has 1 atom stereocenters. The number of halogens is 12. The van der Waals surface area contributed by atoms with Crippen LogP contribution in [0.2, 0.25) is 0 Å². The first-order chi connectivity index (χ1) is 9.96. The van der Waals surface area contributed by atoms with Crippen LogP contribution in [-0.2, 0) is 14.3 Å². The Morgan fingerprint density at radius 1 is 0.826 bits per heavy atom. The summed E-state index contributed by atoms with van der Waals surface area (Å²) >= 11 is 0. The molecule has 0 saturated carbocycles. The van der Waals surface area contributed by atoms with E-state index in [4.69, 9.17) is 1.37 Å². The van der Waals surface area contributed by atoms with Gasteiger partial charge in [-0.1, -0.05) is 0 Å². The van der Waals surface area contributed by atoms with E-state index in [0.717, 1.165) is 0 Å². The van der Waals surface area contributed by atoms with Crippen molar-refractivity contribution < 1.29 is 66.7 Å². The molecule has 0 aromatic heterocycles. The van der Waals surface area contributed by atoms with Gasteiger partial charge in [0.2, 0.25) is 0 Å². The lowest BCUT2D eigenvalue weighted by atomic mass is 10.1. The number of alkyl halides is 12. The SMILES string of the molecule is [2H]C(C)(OS(=O)(=O)C(F)(F)C(F)(F)C(F)(F)C(F)(F)F)C(F)(F)F. The van der Waals surface area contributed by atoms with Crippen molar-refractivity contribution in [3.05, 3.63) is 0 Å². The summed E-state index contributed by atoms with van der Waals surface area (Å²) in [6, 6.07) is 0. The van der Waals surface area contributed by atoms with Gasteiger partial charge < -0.3 is 0 Å². The molecule has 0 amide bonds. The van der Waals surface area contributed by atoms with Crippen molar-refractivity contribution in [2.75, 3.05) is 0 Å². The lowest BCUT2D eigenvalue weighted by Gasteiger charge is -2.33. The first kappa shape index (κ1) is 20.1. The van der Waals surface area contributed by atoms with Gasteiger partial charge in [0.25, 0.3) is 0 Å². The lowest BCUT2D eigenvalue weighted by Crippen LogP contribution is -2.63. The van der Waals surface area contributed by atoms with Gasteiger partial charge in [-0.25, -0.2) is 0 Å². The predicted molar refractivity (Wildman–Crippen MR) is 46.4 cm³/mol. The summed E-state index contributed by atoms with van der Waals surface area (Å²) < 4.78 is 179. The Kier molecular flexibility index (Phi) is 4.86. The van der Waals surface area contributed by atoms with Crippen LogP contribution in [0.5, 0.6) is 0 Å². The van der Waals surface area contributed by atoms with E-state index >= 15 is 0 Å². The van der Waals surface area contributed by atoms with Crippen molar-refractivity contribution >= 4 is 10.1 Å². The van der Waals surface area contributed by atoms with Gasteiger partial charge in [0.15, 0.2) is 6.08 Å². The fraction of sp³-hybridized carbons (Fsp3) is 1.00. The molecule has 0 bridgehead atoms. The van der Waals surface area contributed by atoms with E-state index in [9.17, 15) is 61.1 Å². The zero-order chi connectivity index (χ0) is 20.2. The van der Waals surface area contributed by atoms with Crippen LogP contribution in [0.3, 0.4) is 0 Å². The van der Waals surface area contributed by atoms with Crippen molar-refractivity contribution in [2.45, 2.75) is 42.5 Å². The second-order valence-corrected chi connectivity index (χ2v) is 5.34. The number of rotatable bonds is 5. The van der Waals surface area contributed by atoms with Gasteiger partial charge in [0.05, 0.1) is 1.37 Å². The summed E-state index contributed by atoms with van der Waals surface area (Å²) in [5, 5.41) is -7.47. The van der Waals surface area contributed by atoms with Gasteiger partial charge in [-0.3, -0.25) is 4.18 Å². The van der Waals surface area contributed by atoms with Gasteiger partial charge in [0.1, 0.15) is 0 Å². The molecule has 0 rings (SSSR count). The Hall–Kier alpha value is -0.930. The zero-order valence-electron chi connectivity index (χ0n) is 11.2. The molecule has 0 aliphatic rings. The molecule has 0 aromatic rings. The third kappa shape index (κ3) is 3.61. The van der Waals surface area contributed by atoms with Gasteiger partial charge in [-0.15, -0.1) is 0 Å². The van der Waals surface area contributed by atoms with Crippen LogP contribution < -0.4 is 0 Å². The highest BCUT2D eigenvalue weighted by Gasteiger charge is 2.86. The third-order valence-electron chi connectivity index (χ3n) is 2.06. The maximum Gasteiger partial charge on any atom is 0.460 e. The largest absolute Gasteiger partial charge is 0.460 e. The molecular formula is C7H4F12O3S. The summed E-state index contributed by atoms with van der Waals surface area (Å²) in [4.78, 5) is 0. The standard InChI is InChI=1S/C7H4F12O3S/c1-2(3(8,9)10)22-23(20,21)7(18,19)5(13,14)4(11,12)6(15,16)17/h2H,1H3/i2D. The Morgan fingerprint density at radius 2 is 1.17 bits per heavy atom. The Balaban J connectivity index is 6.15. The zero-order valence-corrected chi connectivity index (χ0v) is 11.0. The van der Waals surface area contributed by atoms with Gasteiger partial charge in [-0.05, 0) is 6.92 Å². The first-order valence-corrected chi connectivity index (χ1v) is 6.08. The highest BCUT2D eigenvalue weighted by molar-refractivity contribution is 7.87. The minimum atomic E-state index is -7.77. The third-order valence-corrected chi connectivity index (χ3v) is 3.42. The Morgan fingerprint density at radius 3 is 1.43 bits per heavy atom. The molecule has 16 heteroatoms.